The van der Waals surface area contributed by atoms with Gasteiger partial charge in [0.05, 0.1) is 4.90 Å². The Hall–Kier alpha value is -1.31. The van der Waals surface area contributed by atoms with Gasteiger partial charge in [0.15, 0.2) is 0 Å². The van der Waals surface area contributed by atoms with Gasteiger partial charge in [-0.05, 0) is 37.8 Å². The van der Waals surface area contributed by atoms with Crippen LogP contribution < -0.4 is 0 Å². The van der Waals surface area contributed by atoms with Gasteiger partial charge >= 0.3 is 0 Å². The van der Waals surface area contributed by atoms with Crippen molar-refractivity contribution in [3.63, 3.8) is 0 Å². The summed E-state index contributed by atoms with van der Waals surface area (Å²) >= 11 is 0. The van der Waals surface area contributed by atoms with Gasteiger partial charge in [0.1, 0.15) is 0 Å². The highest BCUT2D eigenvalue weighted by molar-refractivity contribution is 7.89. The maximum Gasteiger partial charge on any atom is 0.243 e. The molecule has 0 spiro atoms. The lowest BCUT2D eigenvalue weighted by Gasteiger charge is -2.16. The zero-order chi connectivity index (χ0) is 16.0. The average Bonchev–Trinajstić information content (AvgIpc) is 2.97. The molecule has 2 rings (SSSR count). The van der Waals surface area contributed by atoms with Crippen LogP contribution >= 0.6 is 0 Å². The lowest BCUT2D eigenvalue weighted by atomic mass is 10.1. The van der Waals surface area contributed by atoms with Crippen molar-refractivity contribution in [2.24, 2.45) is 5.92 Å². The van der Waals surface area contributed by atoms with Crippen molar-refractivity contribution in [1.29, 1.82) is 0 Å². The molecule has 0 aromatic heterocycles. The Bertz CT molecular complexity index is 638. The van der Waals surface area contributed by atoms with Crippen molar-refractivity contribution >= 4 is 10.0 Å². The molecule has 1 fully saturated rings. The minimum atomic E-state index is -3.34. The fourth-order valence-corrected chi connectivity index (χ4v) is 4.14. The fraction of sp³-hybridized carbons (Fsp3) is 0.556. The summed E-state index contributed by atoms with van der Waals surface area (Å²) < 4.78 is 26.8. The summed E-state index contributed by atoms with van der Waals surface area (Å²) in [4.78, 5) is 0.396. The van der Waals surface area contributed by atoms with Crippen LogP contribution in [0, 0.1) is 24.7 Å². The van der Waals surface area contributed by atoms with Crippen LogP contribution in [0.2, 0.25) is 0 Å². The molecule has 1 aromatic rings. The molecular formula is C18H25NO2S. The van der Waals surface area contributed by atoms with Gasteiger partial charge in [0, 0.05) is 25.9 Å². The highest BCUT2D eigenvalue weighted by atomic mass is 32.2. The molecular weight excluding hydrogens is 294 g/mol. The number of benzene rings is 1. The molecule has 0 bridgehead atoms. The molecule has 1 aliphatic rings. The van der Waals surface area contributed by atoms with Crippen LogP contribution in [0.4, 0.5) is 0 Å². The van der Waals surface area contributed by atoms with Crippen LogP contribution in [0.3, 0.4) is 0 Å². The Labute approximate surface area is 134 Å². The van der Waals surface area contributed by atoms with Crippen LogP contribution in [0.5, 0.6) is 0 Å². The van der Waals surface area contributed by atoms with Crippen LogP contribution in [-0.4, -0.2) is 25.8 Å². The van der Waals surface area contributed by atoms with Gasteiger partial charge in [-0.1, -0.05) is 31.0 Å². The van der Waals surface area contributed by atoms with Crippen molar-refractivity contribution in [2.75, 3.05) is 13.1 Å². The SMILES string of the molecule is CCCCC#CCC1CCN(S(=O)(=O)c2ccc(C)cc2)C1. The molecule has 1 heterocycles. The maximum atomic E-state index is 12.6. The largest absolute Gasteiger partial charge is 0.243 e. The minimum Gasteiger partial charge on any atom is -0.207 e. The number of unbranched alkanes of at least 4 members (excludes halogenated alkanes) is 2. The van der Waals surface area contributed by atoms with Gasteiger partial charge in [0.25, 0.3) is 0 Å². The first-order valence-electron chi connectivity index (χ1n) is 8.06. The molecule has 3 nitrogen and oxygen atoms in total. The Morgan fingerprint density at radius 3 is 2.64 bits per heavy atom. The molecule has 0 saturated carbocycles. The molecule has 1 saturated heterocycles. The van der Waals surface area contributed by atoms with Gasteiger partial charge in [-0.25, -0.2) is 8.42 Å². The molecule has 1 aromatic carbocycles. The van der Waals surface area contributed by atoms with Crippen molar-refractivity contribution in [3.05, 3.63) is 29.8 Å². The number of sulfonamides is 1. The average molecular weight is 319 g/mol. The lowest BCUT2D eigenvalue weighted by molar-refractivity contribution is 0.459. The molecule has 4 heteroatoms. The van der Waals surface area contributed by atoms with Gasteiger partial charge in [0.2, 0.25) is 10.0 Å². The molecule has 0 aliphatic carbocycles. The summed E-state index contributed by atoms with van der Waals surface area (Å²) in [6, 6.07) is 7.09. The summed E-state index contributed by atoms with van der Waals surface area (Å²) in [5.41, 5.74) is 1.07. The first kappa shape index (κ1) is 17.1. The van der Waals surface area contributed by atoms with Gasteiger partial charge in [-0.3, -0.25) is 0 Å². The Kier molecular flexibility index (Phi) is 6.05. The van der Waals surface area contributed by atoms with E-state index in [-0.39, 0.29) is 0 Å². The maximum absolute atomic E-state index is 12.6. The van der Waals surface area contributed by atoms with E-state index in [1.807, 2.05) is 19.1 Å². The van der Waals surface area contributed by atoms with Gasteiger partial charge < -0.3 is 0 Å². The van der Waals surface area contributed by atoms with E-state index in [0.29, 0.717) is 23.9 Å². The number of hydrogen-bond donors (Lipinski definition) is 0. The van der Waals surface area contributed by atoms with Gasteiger partial charge in [-0.15, -0.1) is 11.8 Å². The first-order chi connectivity index (χ1) is 10.5. The van der Waals surface area contributed by atoms with Crippen LogP contribution in [0.15, 0.2) is 29.2 Å². The molecule has 1 atom stereocenters. The summed E-state index contributed by atoms with van der Waals surface area (Å²) in [6.07, 6.45) is 4.98. The second kappa shape index (κ2) is 7.80. The predicted molar refractivity (Wildman–Crippen MR) is 90.0 cm³/mol. The first-order valence-corrected chi connectivity index (χ1v) is 9.50. The van der Waals surface area contributed by atoms with E-state index in [2.05, 4.69) is 18.8 Å². The zero-order valence-corrected chi connectivity index (χ0v) is 14.3. The van der Waals surface area contributed by atoms with E-state index in [0.717, 1.165) is 31.2 Å². The Morgan fingerprint density at radius 1 is 1.23 bits per heavy atom. The zero-order valence-electron chi connectivity index (χ0n) is 13.5. The van der Waals surface area contributed by atoms with E-state index >= 15 is 0 Å². The molecule has 120 valence electrons. The normalized spacial score (nSPS) is 18.9. The second-order valence-electron chi connectivity index (χ2n) is 5.99. The van der Waals surface area contributed by atoms with Crippen molar-refractivity contribution < 1.29 is 8.42 Å². The highest BCUT2D eigenvalue weighted by Crippen LogP contribution is 2.26. The molecule has 0 amide bonds. The number of aryl methyl sites for hydroxylation is 1. The topological polar surface area (TPSA) is 37.4 Å². The third-order valence-corrected chi connectivity index (χ3v) is 5.96. The summed E-state index contributed by atoms with van der Waals surface area (Å²) in [7, 11) is -3.34. The highest BCUT2D eigenvalue weighted by Gasteiger charge is 2.31. The molecule has 1 unspecified atom stereocenters. The van der Waals surface area contributed by atoms with E-state index in [9.17, 15) is 8.42 Å². The number of rotatable bonds is 5. The second-order valence-corrected chi connectivity index (χ2v) is 7.93. The van der Waals surface area contributed by atoms with Crippen LogP contribution in [0.1, 0.15) is 44.6 Å². The lowest BCUT2D eigenvalue weighted by Crippen LogP contribution is -2.28. The molecule has 0 radical (unpaired) electrons. The Balaban J connectivity index is 1.94. The summed E-state index contributed by atoms with van der Waals surface area (Å²) in [6.45, 7) is 5.32. The van der Waals surface area contributed by atoms with Crippen molar-refractivity contribution in [3.8, 4) is 11.8 Å². The fourth-order valence-electron chi connectivity index (χ4n) is 2.61. The molecule has 0 N–H and O–H groups in total. The standard InChI is InChI=1S/C18H25NO2S/c1-3-4-5-6-7-8-17-13-14-19(15-17)22(20,21)18-11-9-16(2)10-12-18/h9-12,17H,3-5,8,13-15H2,1-2H3. The van der Waals surface area contributed by atoms with Crippen LogP contribution in [0.25, 0.3) is 0 Å². The van der Waals surface area contributed by atoms with E-state index in [4.69, 9.17) is 0 Å². The molecule has 22 heavy (non-hydrogen) atoms. The predicted octanol–water partition coefficient (Wildman–Crippen LogP) is 3.59. The van der Waals surface area contributed by atoms with Gasteiger partial charge in [-0.2, -0.15) is 4.31 Å². The van der Waals surface area contributed by atoms with Crippen molar-refractivity contribution in [2.45, 2.75) is 50.8 Å². The summed E-state index contributed by atoms with van der Waals surface area (Å²) in [5, 5.41) is 0. The molecule has 1 aliphatic heterocycles. The third-order valence-electron chi connectivity index (χ3n) is 4.08. The summed E-state index contributed by atoms with van der Waals surface area (Å²) in [5.74, 6) is 6.77. The van der Waals surface area contributed by atoms with Crippen molar-refractivity contribution in [1.82, 2.24) is 4.31 Å². The van der Waals surface area contributed by atoms with E-state index < -0.39 is 10.0 Å². The van der Waals surface area contributed by atoms with E-state index in [1.165, 1.54) is 6.42 Å². The van der Waals surface area contributed by atoms with E-state index in [1.54, 1.807) is 16.4 Å². The Morgan fingerprint density at radius 2 is 1.95 bits per heavy atom. The quantitative estimate of drug-likeness (QED) is 0.614. The minimum absolute atomic E-state index is 0.370. The van der Waals surface area contributed by atoms with Crippen LogP contribution in [-0.2, 0) is 10.0 Å². The smallest absolute Gasteiger partial charge is 0.207 e. The third kappa shape index (κ3) is 4.34. The number of nitrogens with zero attached hydrogens (tertiary/aromatic N) is 1. The monoisotopic (exact) mass is 319 g/mol. The number of hydrogen-bond acceptors (Lipinski definition) is 2.